The van der Waals surface area contributed by atoms with Crippen molar-refractivity contribution in [1.29, 1.82) is 0 Å². The first kappa shape index (κ1) is 33.9. The van der Waals surface area contributed by atoms with Crippen LogP contribution in [0.4, 0.5) is 11.9 Å². The van der Waals surface area contributed by atoms with E-state index in [-0.39, 0.29) is 28.1 Å². The van der Waals surface area contributed by atoms with E-state index in [4.69, 9.17) is 16.2 Å². The van der Waals surface area contributed by atoms with E-state index < -0.39 is 0 Å². The van der Waals surface area contributed by atoms with Gasteiger partial charge in [-0.25, -0.2) is 0 Å². The van der Waals surface area contributed by atoms with Gasteiger partial charge in [-0.05, 0) is 46.4 Å². The normalized spacial score (nSPS) is 19.0. The number of nitrogens with two attached hydrogens (primary N) is 2. The minimum Gasteiger partial charge on any atom is -0.456 e. The van der Waals surface area contributed by atoms with Crippen molar-refractivity contribution in [2.24, 2.45) is 0 Å². The Morgan fingerprint density at radius 2 is 1.38 bits per heavy atom. The number of quaternary nitrogens is 1. The monoisotopic (exact) mass is 648 g/mol. The number of rotatable bonds is 6. The largest absolute Gasteiger partial charge is 0.456 e. The van der Waals surface area contributed by atoms with E-state index in [9.17, 15) is 0 Å². The van der Waals surface area contributed by atoms with Gasteiger partial charge in [0.15, 0.2) is 5.82 Å². The average Bonchev–Trinajstić information content (AvgIpc) is 3.00. The molecule has 2 atom stereocenters. The van der Waals surface area contributed by atoms with Crippen LogP contribution >= 0.6 is 0 Å². The van der Waals surface area contributed by atoms with Crippen LogP contribution in [-0.4, -0.2) is 31.9 Å². The molecule has 2 aliphatic rings. The predicted molar refractivity (Wildman–Crippen MR) is 195 cm³/mol. The lowest BCUT2D eigenvalue weighted by Gasteiger charge is -2.41. The van der Waals surface area contributed by atoms with Crippen molar-refractivity contribution in [3.63, 3.8) is 0 Å². The minimum absolute atomic E-state index is 0.0531. The summed E-state index contributed by atoms with van der Waals surface area (Å²) in [7, 11) is 0. The fourth-order valence-corrected chi connectivity index (χ4v) is 7.40. The summed E-state index contributed by atoms with van der Waals surface area (Å²) in [5, 5.41) is 0. The Morgan fingerprint density at radius 3 is 1.98 bits per heavy atom. The zero-order chi connectivity index (χ0) is 34.6. The van der Waals surface area contributed by atoms with Crippen LogP contribution in [-0.2, 0) is 29.3 Å². The zero-order valence-electron chi connectivity index (χ0n) is 30.2. The molecule has 0 amide bonds. The third kappa shape index (κ3) is 6.65. The molecule has 1 saturated carbocycles. The van der Waals surface area contributed by atoms with Gasteiger partial charge < -0.3 is 21.9 Å². The Labute approximate surface area is 286 Å². The topological polar surface area (TPSA) is 131 Å². The Bertz CT molecular complexity index is 1780. The molecule has 254 valence electrons. The summed E-state index contributed by atoms with van der Waals surface area (Å²) in [5.41, 5.74) is 24.3. The summed E-state index contributed by atoms with van der Waals surface area (Å²) in [6.07, 6.45) is 4.79. The fraction of sp³-hybridized carbons (Fsp3) is 0.475. The molecule has 7 N–H and O–H groups in total. The van der Waals surface area contributed by atoms with Crippen LogP contribution in [0.5, 0.6) is 11.5 Å². The van der Waals surface area contributed by atoms with E-state index in [1.54, 1.807) is 0 Å². The number of benzene rings is 3. The fourth-order valence-electron chi connectivity index (χ4n) is 7.40. The molecular weight excluding hydrogens is 594 g/mol. The van der Waals surface area contributed by atoms with E-state index in [1.165, 1.54) is 35.1 Å². The summed E-state index contributed by atoms with van der Waals surface area (Å²) in [6.45, 7) is 19.8. The highest BCUT2D eigenvalue weighted by Gasteiger charge is 2.41. The maximum absolute atomic E-state index is 7.19. The molecule has 0 unspecified atom stereocenters. The molecule has 1 aromatic heterocycles. The van der Waals surface area contributed by atoms with E-state index >= 15 is 0 Å². The summed E-state index contributed by atoms with van der Waals surface area (Å²) in [5.74, 6) is 2.25. The van der Waals surface area contributed by atoms with Crippen LogP contribution in [0.3, 0.4) is 0 Å². The van der Waals surface area contributed by atoms with Crippen LogP contribution < -0.4 is 21.9 Å². The Balaban J connectivity index is 1.56. The van der Waals surface area contributed by atoms with E-state index in [0.717, 1.165) is 54.1 Å². The lowest BCUT2D eigenvalue weighted by Crippen LogP contribution is -2.70. The van der Waals surface area contributed by atoms with Crippen LogP contribution in [0, 0.1) is 0 Å². The number of fused-ring (bicyclic) bond motifs is 2. The molecule has 6 rings (SSSR count). The van der Waals surface area contributed by atoms with Gasteiger partial charge >= 0.3 is 0 Å². The van der Waals surface area contributed by atoms with Crippen LogP contribution in [0.25, 0.3) is 11.4 Å². The van der Waals surface area contributed by atoms with Gasteiger partial charge in [0.1, 0.15) is 17.5 Å². The summed E-state index contributed by atoms with van der Waals surface area (Å²) in [4.78, 5) is 15.8. The molecule has 48 heavy (non-hydrogen) atoms. The van der Waals surface area contributed by atoms with Crippen molar-refractivity contribution < 1.29 is 10.5 Å². The van der Waals surface area contributed by atoms with Gasteiger partial charge in [-0.1, -0.05) is 110 Å². The Kier molecular flexibility index (Phi) is 8.79. The maximum Gasteiger partial charge on any atom is 0.225 e. The number of hydrogen-bond donors (Lipinski definition) is 3. The molecule has 0 radical (unpaired) electrons. The molecule has 1 aliphatic carbocycles. The van der Waals surface area contributed by atoms with E-state index in [2.05, 4.69) is 136 Å². The molecule has 0 bridgehead atoms. The first-order valence-electron chi connectivity index (χ1n) is 17.5. The maximum atomic E-state index is 7.19. The number of anilines is 2. The van der Waals surface area contributed by atoms with Gasteiger partial charge in [0, 0.05) is 41.6 Å². The van der Waals surface area contributed by atoms with Crippen molar-refractivity contribution >= 4 is 11.9 Å². The van der Waals surface area contributed by atoms with Gasteiger partial charge in [-0.15, -0.1) is 0 Å². The van der Waals surface area contributed by atoms with Crippen LogP contribution in [0.2, 0.25) is 0 Å². The van der Waals surface area contributed by atoms with Crippen LogP contribution in [0.15, 0.2) is 54.6 Å². The number of nitrogen functional groups attached to an aromatic ring is 2. The van der Waals surface area contributed by atoms with E-state index in [1.807, 2.05) is 0 Å². The number of hydrogen-bond acceptors (Lipinski definition) is 7. The van der Waals surface area contributed by atoms with Crippen LogP contribution in [0.1, 0.15) is 114 Å². The molecule has 1 aliphatic heterocycles. The molecule has 8 nitrogen and oxygen atoms in total. The van der Waals surface area contributed by atoms with Crippen molar-refractivity contribution in [1.82, 2.24) is 19.9 Å². The standard InChI is InChI=1S/C40H53N7O/c1-38(2,3)26-18-25(23-47(22-24-14-10-9-11-15-24)32-17-13-12-16-31(32)41)33-29(20-26)40(7,8)30-21-27(39(4,5)6)19-28(34(30)48-33)35-44-36(42)46-37(43)45-35/h9-11,14-15,18-21,31-32H,12-13,16-17,22-23,41H2,1-8H3,(H4,42,43,44,45,46)/p+1/t31-,32-/m0/s1. The smallest absolute Gasteiger partial charge is 0.225 e. The third-order valence-electron chi connectivity index (χ3n) is 10.4. The molecule has 3 aromatic carbocycles. The first-order valence-corrected chi connectivity index (χ1v) is 17.5. The summed E-state index contributed by atoms with van der Waals surface area (Å²) >= 11 is 0. The van der Waals surface area contributed by atoms with Gasteiger partial charge in [-0.2, -0.15) is 15.0 Å². The number of ether oxygens (including phenoxy) is 1. The zero-order valence-corrected chi connectivity index (χ0v) is 30.2. The molecule has 1 fully saturated rings. The first-order chi connectivity index (χ1) is 22.5. The lowest BCUT2D eigenvalue weighted by molar-refractivity contribution is -0.437. The minimum atomic E-state index is -0.386. The van der Waals surface area contributed by atoms with Crippen molar-refractivity contribution in [2.45, 2.75) is 122 Å². The Hall–Kier alpha value is -4.01. The third-order valence-corrected chi connectivity index (χ3v) is 10.4. The summed E-state index contributed by atoms with van der Waals surface area (Å²) < 4.78 is 7.19. The molecule has 4 aromatic rings. The highest BCUT2D eigenvalue weighted by molar-refractivity contribution is 5.75. The van der Waals surface area contributed by atoms with Crippen molar-refractivity contribution in [2.75, 3.05) is 11.5 Å². The van der Waals surface area contributed by atoms with E-state index in [0.29, 0.717) is 17.9 Å². The van der Waals surface area contributed by atoms with Gasteiger partial charge in [0.05, 0.1) is 11.6 Å². The molecule has 2 heterocycles. The summed E-state index contributed by atoms with van der Waals surface area (Å²) in [6, 6.07) is 20.8. The van der Waals surface area contributed by atoms with Gasteiger partial charge in [-0.3, -0.25) is 4.90 Å². The average molecular weight is 649 g/mol. The number of aromatic nitrogens is 3. The Morgan fingerprint density at radius 1 is 0.792 bits per heavy atom. The number of nitrogens with zero attached hydrogens (tertiary/aromatic N) is 4. The predicted octanol–water partition coefficient (Wildman–Crippen LogP) is 7.28. The quantitative estimate of drug-likeness (QED) is 0.200. The van der Waals surface area contributed by atoms with Gasteiger partial charge in [0.2, 0.25) is 11.9 Å². The lowest BCUT2D eigenvalue weighted by atomic mass is 9.70. The second-order valence-corrected chi connectivity index (χ2v) is 16.5. The molecule has 0 saturated heterocycles. The second-order valence-electron chi connectivity index (χ2n) is 16.5. The van der Waals surface area contributed by atoms with Gasteiger partial charge in [0.25, 0.3) is 0 Å². The molecular formula is C40H54N7O+. The second kappa shape index (κ2) is 12.5. The molecule has 0 spiro atoms. The highest BCUT2D eigenvalue weighted by atomic mass is 16.5. The molecule has 8 heteroatoms. The SMILES string of the molecule is CC(C)(C)c1cc(CN(Cc2ccccc2)[C@H]2CCCC[C@@H]2[NH3+])c2c(c1)C(C)(C)c1cc(C(C)(C)C)cc(-c3nc(N)nc(N)n3)c1O2. The van der Waals surface area contributed by atoms with Crippen molar-refractivity contribution in [3.8, 4) is 22.9 Å². The highest BCUT2D eigenvalue weighted by Crippen LogP contribution is 2.54. The van der Waals surface area contributed by atoms with Crippen molar-refractivity contribution in [3.05, 3.63) is 88.0 Å².